The van der Waals surface area contributed by atoms with E-state index in [2.05, 4.69) is 28.7 Å². The minimum Gasteiger partial charge on any atom is -0.497 e. The van der Waals surface area contributed by atoms with Crippen LogP contribution in [0, 0.1) is 0 Å². The number of halogens is 2. The normalized spacial score (nSPS) is 16.0. The molecule has 0 atom stereocenters. The highest BCUT2D eigenvalue weighted by Crippen LogP contribution is 2.46. The molecule has 0 aliphatic carbocycles. The van der Waals surface area contributed by atoms with Crippen molar-refractivity contribution in [3.05, 3.63) is 40.3 Å². The molecule has 110 valence electrons. The quantitative estimate of drug-likeness (QED) is 0.612. The van der Waals surface area contributed by atoms with E-state index >= 15 is 0 Å². The van der Waals surface area contributed by atoms with E-state index < -0.39 is 0 Å². The van der Waals surface area contributed by atoms with Gasteiger partial charge in [0, 0.05) is 23.2 Å². The zero-order valence-corrected chi connectivity index (χ0v) is 13.5. The fourth-order valence-corrected chi connectivity index (χ4v) is 3.33. The van der Waals surface area contributed by atoms with E-state index in [4.69, 9.17) is 27.9 Å². The molecule has 0 amide bonds. The Balaban J connectivity index is 2.11. The Morgan fingerprint density at radius 1 is 1.14 bits per heavy atom. The van der Waals surface area contributed by atoms with Crippen molar-refractivity contribution in [2.45, 2.75) is 19.3 Å². The number of methoxy groups -OCH3 is 1. The lowest BCUT2D eigenvalue weighted by atomic mass is 9.89. The van der Waals surface area contributed by atoms with E-state index in [0.29, 0.717) is 5.15 Å². The van der Waals surface area contributed by atoms with Crippen molar-refractivity contribution < 1.29 is 4.74 Å². The Labute approximate surface area is 133 Å². The van der Waals surface area contributed by atoms with Crippen molar-refractivity contribution in [1.82, 2.24) is 9.97 Å². The summed E-state index contributed by atoms with van der Waals surface area (Å²) in [4.78, 5) is 10.5. The molecule has 0 spiro atoms. The molecule has 3 rings (SSSR count). The second kappa shape index (κ2) is 5.04. The van der Waals surface area contributed by atoms with E-state index in [1.165, 1.54) is 0 Å². The highest BCUT2D eigenvalue weighted by Gasteiger charge is 2.40. The highest BCUT2D eigenvalue weighted by molar-refractivity contribution is 6.33. The average Bonchev–Trinajstić information content (AvgIpc) is 2.70. The number of benzene rings is 1. The molecular weight excluding hydrogens is 309 g/mol. The number of fused-ring (bicyclic) bond motifs is 1. The minimum absolute atomic E-state index is 0.142. The summed E-state index contributed by atoms with van der Waals surface area (Å²) < 4.78 is 5.19. The number of ether oxygens (including phenoxy) is 1. The van der Waals surface area contributed by atoms with Gasteiger partial charge in [-0.1, -0.05) is 25.4 Å². The van der Waals surface area contributed by atoms with Crippen LogP contribution >= 0.6 is 23.2 Å². The highest BCUT2D eigenvalue weighted by atomic mass is 35.5. The van der Waals surface area contributed by atoms with E-state index in [1.807, 2.05) is 24.3 Å². The number of anilines is 2. The van der Waals surface area contributed by atoms with Crippen LogP contribution in [0.2, 0.25) is 10.4 Å². The third-order valence-corrected chi connectivity index (χ3v) is 4.13. The number of nitrogens with zero attached hydrogens (tertiary/aromatic N) is 3. The zero-order chi connectivity index (χ0) is 15.2. The zero-order valence-electron chi connectivity index (χ0n) is 12.0. The van der Waals surface area contributed by atoms with Gasteiger partial charge in [-0.3, -0.25) is 0 Å². The molecule has 0 N–H and O–H groups in total. The fraction of sp³-hybridized carbons (Fsp3) is 0.333. The van der Waals surface area contributed by atoms with E-state index in [1.54, 1.807) is 7.11 Å². The fourth-order valence-electron chi connectivity index (χ4n) is 2.70. The van der Waals surface area contributed by atoms with Gasteiger partial charge < -0.3 is 9.64 Å². The standard InChI is InChI=1S/C15H15Cl2N3O/c1-15(2)8-20(9-4-6-10(21-3)7-5-9)13-11(15)12(16)18-14(17)19-13/h4-7H,8H2,1-3H3. The molecule has 0 radical (unpaired) electrons. The van der Waals surface area contributed by atoms with Gasteiger partial charge in [0.15, 0.2) is 0 Å². The molecule has 0 saturated carbocycles. The van der Waals surface area contributed by atoms with Crippen LogP contribution < -0.4 is 9.64 Å². The third kappa shape index (κ3) is 2.43. The van der Waals surface area contributed by atoms with Crippen molar-refractivity contribution >= 4 is 34.7 Å². The number of hydrogen-bond acceptors (Lipinski definition) is 4. The lowest BCUT2D eigenvalue weighted by Crippen LogP contribution is -2.25. The van der Waals surface area contributed by atoms with Crippen LogP contribution in [-0.2, 0) is 5.41 Å². The predicted octanol–water partition coefficient (Wildman–Crippen LogP) is 4.22. The van der Waals surface area contributed by atoms with E-state index in [-0.39, 0.29) is 10.7 Å². The van der Waals surface area contributed by atoms with Gasteiger partial charge >= 0.3 is 0 Å². The molecule has 1 aromatic carbocycles. The van der Waals surface area contributed by atoms with Crippen molar-refractivity contribution in [1.29, 1.82) is 0 Å². The summed E-state index contributed by atoms with van der Waals surface area (Å²) in [5.74, 6) is 1.59. The first-order valence-corrected chi connectivity index (χ1v) is 7.33. The number of hydrogen-bond donors (Lipinski definition) is 0. The van der Waals surface area contributed by atoms with Crippen molar-refractivity contribution in [3.63, 3.8) is 0 Å². The topological polar surface area (TPSA) is 38.2 Å². The molecule has 4 nitrogen and oxygen atoms in total. The van der Waals surface area contributed by atoms with Gasteiger partial charge in [0.1, 0.15) is 16.7 Å². The summed E-state index contributed by atoms with van der Waals surface area (Å²) in [6.07, 6.45) is 0. The summed E-state index contributed by atoms with van der Waals surface area (Å²) in [7, 11) is 1.65. The average molecular weight is 324 g/mol. The third-order valence-electron chi connectivity index (χ3n) is 3.69. The Morgan fingerprint density at radius 2 is 1.81 bits per heavy atom. The second-order valence-corrected chi connectivity index (χ2v) is 6.35. The van der Waals surface area contributed by atoms with E-state index in [9.17, 15) is 0 Å². The molecule has 2 aromatic rings. The van der Waals surface area contributed by atoms with Crippen LogP contribution in [0.15, 0.2) is 24.3 Å². The number of rotatable bonds is 2. The van der Waals surface area contributed by atoms with Gasteiger partial charge in [-0.25, -0.2) is 4.98 Å². The molecule has 0 saturated heterocycles. The van der Waals surface area contributed by atoms with Crippen LogP contribution in [0.5, 0.6) is 5.75 Å². The predicted molar refractivity (Wildman–Crippen MR) is 85.1 cm³/mol. The maximum Gasteiger partial charge on any atom is 0.225 e. The molecule has 1 aliphatic heterocycles. The van der Waals surface area contributed by atoms with Crippen molar-refractivity contribution in [3.8, 4) is 5.75 Å². The van der Waals surface area contributed by atoms with Crippen LogP contribution in [0.4, 0.5) is 11.5 Å². The van der Waals surface area contributed by atoms with Gasteiger partial charge in [0.05, 0.1) is 7.11 Å². The molecular formula is C15H15Cl2N3O. The van der Waals surface area contributed by atoms with Gasteiger partial charge in [0.25, 0.3) is 0 Å². The van der Waals surface area contributed by atoms with Crippen LogP contribution in [-0.4, -0.2) is 23.6 Å². The minimum atomic E-state index is -0.142. The Hall–Kier alpha value is -1.52. The first kappa shape index (κ1) is 14.4. The Bertz CT molecular complexity index is 686. The van der Waals surface area contributed by atoms with Gasteiger partial charge in [-0.05, 0) is 35.9 Å². The smallest absolute Gasteiger partial charge is 0.225 e. The molecule has 0 fully saturated rings. The van der Waals surface area contributed by atoms with Gasteiger partial charge in [0.2, 0.25) is 5.28 Å². The van der Waals surface area contributed by atoms with E-state index in [0.717, 1.165) is 29.4 Å². The van der Waals surface area contributed by atoms with Crippen molar-refractivity contribution in [2.75, 3.05) is 18.6 Å². The molecule has 0 unspecified atom stereocenters. The lowest BCUT2D eigenvalue weighted by molar-refractivity contribution is 0.415. The summed E-state index contributed by atoms with van der Waals surface area (Å²) in [6.45, 7) is 5.01. The molecule has 1 aromatic heterocycles. The second-order valence-electron chi connectivity index (χ2n) is 5.65. The molecule has 0 bridgehead atoms. The largest absolute Gasteiger partial charge is 0.497 e. The maximum atomic E-state index is 6.28. The SMILES string of the molecule is COc1ccc(N2CC(C)(C)c3c(Cl)nc(Cl)nc32)cc1. The molecule has 6 heteroatoms. The first-order chi connectivity index (χ1) is 9.92. The number of aromatic nitrogens is 2. The van der Waals surface area contributed by atoms with Crippen LogP contribution in [0.25, 0.3) is 0 Å². The summed E-state index contributed by atoms with van der Waals surface area (Å²) >= 11 is 12.2. The van der Waals surface area contributed by atoms with Crippen LogP contribution in [0.3, 0.4) is 0 Å². The Kier molecular flexibility index (Phi) is 3.46. The lowest BCUT2D eigenvalue weighted by Gasteiger charge is -2.21. The van der Waals surface area contributed by atoms with Gasteiger partial charge in [-0.2, -0.15) is 4.98 Å². The summed E-state index contributed by atoms with van der Waals surface area (Å²) in [5.41, 5.74) is 1.81. The van der Waals surface area contributed by atoms with Crippen LogP contribution in [0.1, 0.15) is 19.4 Å². The molecule has 1 aliphatic rings. The summed E-state index contributed by atoms with van der Waals surface area (Å²) in [6, 6.07) is 7.83. The maximum absolute atomic E-state index is 6.28. The van der Waals surface area contributed by atoms with Gasteiger partial charge in [-0.15, -0.1) is 0 Å². The van der Waals surface area contributed by atoms with Crippen molar-refractivity contribution in [2.24, 2.45) is 0 Å². The first-order valence-electron chi connectivity index (χ1n) is 6.57. The molecule has 21 heavy (non-hydrogen) atoms. The Morgan fingerprint density at radius 3 is 2.43 bits per heavy atom. The molecule has 2 heterocycles. The summed E-state index contributed by atoms with van der Waals surface area (Å²) in [5, 5.41) is 0.584. The monoisotopic (exact) mass is 323 g/mol.